The molecule has 0 saturated heterocycles. The molecule has 100 valence electrons. The van der Waals surface area contributed by atoms with Crippen molar-refractivity contribution >= 4 is 0 Å². The van der Waals surface area contributed by atoms with Gasteiger partial charge < -0.3 is 5.73 Å². The van der Waals surface area contributed by atoms with Gasteiger partial charge in [0.25, 0.3) is 0 Å². The Labute approximate surface area is 111 Å². The Hall–Kier alpha value is -1.81. The summed E-state index contributed by atoms with van der Waals surface area (Å²) in [4.78, 5) is 4.20. The van der Waals surface area contributed by atoms with E-state index in [-0.39, 0.29) is 5.56 Å². The zero-order valence-electron chi connectivity index (χ0n) is 11.0. The number of nitrogens with zero attached hydrogens (tertiary/aromatic N) is 1. The van der Waals surface area contributed by atoms with Crippen molar-refractivity contribution in [3.8, 4) is 0 Å². The Morgan fingerprint density at radius 3 is 2.53 bits per heavy atom. The highest BCUT2D eigenvalue weighted by Gasteiger charge is 2.19. The fourth-order valence-electron chi connectivity index (χ4n) is 1.96. The van der Waals surface area contributed by atoms with E-state index in [4.69, 9.17) is 5.73 Å². The van der Waals surface area contributed by atoms with Crippen molar-refractivity contribution in [2.24, 2.45) is 5.73 Å². The number of rotatable bonds is 3. The third-order valence-electron chi connectivity index (χ3n) is 3.09. The normalized spacial score (nSPS) is 12.5. The fraction of sp³-hybridized carbons (Fsp3) is 0.267. The van der Waals surface area contributed by atoms with E-state index in [9.17, 15) is 8.78 Å². The summed E-state index contributed by atoms with van der Waals surface area (Å²) in [7, 11) is 0. The largest absolute Gasteiger partial charge is 0.323 e. The van der Waals surface area contributed by atoms with E-state index in [2.05, 4.69) is 4.98 Å². The van der Waals surface area contributed by atoms with E-state index in [0.29, 0.717) is 12.0 Å². The molecule has 0 saturated carbocycles. The van der Waals surface area contributed by atoms with Crippen LogP contribution in [0.1, 0.15) is 28.4 Å². The number of benzene rings is 1. The number of hydrogen-bond acceptors (Lipinski definition) is 2. The van der Waals surface area contributed by atoms with Crippen molar-refractivity contribution in [3.63, 3.8) is 0 Å². The standard InChI is InChI=1S/C15H16F2N2/c1-9-3-5-11(19-8-9)7-13(18)14-12(16)6-4-10(2)15(14)17/h3-6,8,13H,7,18H2,1-2H3. The fourth-order valence-corrected chi connectivity index (χ4v) is 1.96. The van der Waals surface area contributed by atoms with Crippen molar-refractivity contribution in [1.29, 1.82) is 0 Å². The highest BCUT2D eigenvalue weighted by atomic mass is 19.1. The van der Waals surface area contributed by atoms with E-state index in [1.165, 1.54) is 12.1 Å². The molecule has 4 heteroatoms. The smallest absolute Gasteiger partial charge is 0.133 e. The molecule has 1 atom stereocenters. The highest BCUT2D eigenvalue weighted by Crippen LogP contribution is 2.24. The lowest BCUT2D eigenvalue weighted by Gasteiger charge is -2.15. The van der Waals surface area contributed by atoms with Crippen LogP contribution in [0.25, 0.3) is 0 Å². The molecule has 1 heterocycles. The second kappa shape index (κ2) is 5.45. The van der Waals surface area contributed by atoms with E-state index in [0.717, 1.165) is 11.3 Å². The minimum Gasteiger partial charge on any atom is -0.323 e. The molecule has 1 aromatic heterocycles. The van der Waals surface area contributed by atoms with Gasteiger partial charge in [-0.25, -0.2) is 8.78 Å². The Bertz CT molecular complexity index is 579. The number of halogens is 2. The van der Waals surface area contributed by atoms with Gasteiger partial charge in [0.05, 0.1) is 0 Å². The van der Waals surface area contributed by atoms with Crippen LogP contribution in [0.15, 0.2) is 30.5 Å². The quantitative estimate of drug-likeness (QED) is 0.922. The summed E-state index contributed by atoms with van der Waals surface area (Å²) in [5, 5.41) is 0. The summed E-state index contributed by atoms with van der Waals surface area (Å²) in [6, 6.07) is 5.63. The molecule has 0 radical (unpaired) electrons. The zero-order valence-corrected chi connectivity index (χ0v) is 11.0. The Kier molecular flexibility index (Phi) is 3.90. The van der Waals surface area contributed by atoms with Gasteiger partial charge in [-0.2, -0.15) is 0 Å². The predicted octanol–water partition coefficient (Wildman–Crippen LogP) is 3.22. The van der Waals surface area contributed by atoms with Crippen LogP contribution in [-0.4, -0.2) is 4.98 Å². The van der Waals surface area contributed by atoms with Crippen molar-refractivity contribution < 1.29 is 8.78 Å². The first kappa shape index (κ1) is 13.6. The van der Waals surface area contributed by atoms with Crippen LogP contribution in [-0.2, 0) is 6.42 Å². The summed E-state index contributed by atoms with van der Waals surface area (Å²) < 4.78 is 27.6. The summed E-state index contributed by atoms with van der Waals surface area (Å²) in [5.41, 5.74) is 7.99. The van der Waals surface area contributed by atoms with Crippen molar-refractivity contribution in [2.45, 2.75) is 26.3 Å². The van der Waals surface area contributed by atoms with Gasteiger partial charge in [0.15, 0.2) is 0 Å². The number of hydrogen-bond donors (Lipinski definition) is 1. The average Bonchev–Trinajstić information content (AvgIpc) is 2.37. The highest BCUT2D eigenvalue weighted by molar-refractivity contribution is 5.30. The number of pyridine rings is 1. The molecule has 0 fully saturated rings. The van der Waals surface area contributed by atoms with Crippen molar-refractivity contribution in [3.05, 3.63) is 64.5 Å². The van der Waals surface area contributed by atoms with Gasteiger partial charge in [0.1, 0.15) is 11.6 Å². The molecule has 1 aromatic carbocycles. The van der Waals surface area contributed by atoms with Gasteiger partial charge in [-0.1, -0.05) is 12.1 Å². The third kappa shape index (κ3) is 2.96. The summed E-state index contributed by atoms with van der Waals surface area (Å²) in [5.74, 6) is -1.18. The minimum absolute atomic E-state index is 0.0672. The monoisotopic (exact) mass is 262 g/mol. The van der Waals surface area contributed by atoms with Gasteiger partial charge in [0.2, 0.25) is 0 Å². The van der Waals surface area contributed by atoms with Gasteiger partial charge in [-0.15, -0.1) is 0 Å². The van der Waals surface area contributed by atoms with Crippen LogP contribution in [0.2, 0.25) is 0 Å². The third-order valence-corrected chi connectivity index (χ3v) is 3.09. The van der Waals surface area contributed by atoms with E-state index in [1.54, 1.807) is 13.1 Å². The minimum atomic E-state index is -0.741. The maximum atomic E-state index is 13.9. The summed E-state index contributed by atoms with van der Waals surface area (Å²) >= 11 is 0. The van der Waals surface area contributed by atoms with Gasteiger partial charge >= 0.3 is 0 Å². The molecule has 2 aromatic rings. The lowest BCUT2D eigenvalue weighted by Crippen LogP contribution is -2.18. The lowest BCUT2D eigenvalue weighted by molar-refractivity contribution is 0.518. The molecule has 1 unspecified atom stereocenters. The Morgan fingerprint density at radius 2 is 1.89 bits per heavy atom. The summed E-state index contributed by atoms with van der Waals surface area (Å²) in [6.45, 7) is 3.52. The maximum absolute atomic E-state index is 13.9. The first-order valence-electron chi connectivity index (χ1n) is 6.10. The van der Waals surface area contributed by atoms with E-state index < -0.39 is 17.7 Å². The molecule has 0 aliphatic carbocycles. The van der Waals surface area contributed by atoms with Crippen LogP contribution in [0.3, 0.4) is 0 Å². The molecular weight excluding hydrogens is 246 g/mol. The molecule has 0 aliphatic heterocycles. The number of aryl methyl sites for hydroxylation is 2. The van der Waals surface area contributed by atoms with Gasteiger partial charge in [0, 0.05) is 29.9 Å². The van der Waals surface area contributed by atoms with Crippen LogP contribution in [0, 0.1) is 25.5 Å². The van der Waals surface area contributed by atoms with E-state index in [1.807, 2.05) is 19.1 Å². The molecule has 0 aliphatic rings. The van der Waals surface area contributed by atoms with Gasteiger partial charge in [-0.05, 0) is 37.1 Å². The van der Waals surface area contributed by atoms with Crippen LogP contribution < -0.4 is 5.73 Å². The summed E-state index contributed by atoms with van der Waals surface area (Å²) in [6.07, 6.45) is 2.02. The number of nitrogens with two attached hydrogens (primary N) is 1. The Morgan fingerprint density at radius 1 is 1.16 bits per heavy atom. The number of aromatic nitrogens is 1. The SMILES string of the molecule is Cc1ccc(CC(N)c2c(F)ccc(C)c2F)nc1. The molecule has 2 rings (SSSR count). The van der Waals surface area contributed by atoms with Crippen molar-refractivity contribution in [1.82, 2.24) is 4.98 Å². The van der Waals surface area contributed by atoms with Crippen LogP contribution >= 0.6 is 0 Å². The molecule has 0 spiro atoms. The molecule has 19 heavy (non-hydrogen) atoms. The Balaban J connectivity index is 2.27. The second-order valence-electron chi connectivity index (χ2n) is 4.73. The van der Waals surface area contributed by atoms with Crippen LogP contribution in [0.5, 0.6) is 0 Å². The molecule has 2 N–H and O–H groups in total. The molecule has 2 nitrogen and oxygen atoms in total. The van der Waals surface area contributed by atoms with Crippen LogP contribution in [0.4, 0.5) is 8.78 Å². The zero-order chi connectivity index (χ0) is 14.0. The van der Waals surface area contributed by atoms with Gasteiger partial charge in [-0.3, -0.25) is 4.98 Å². The molecular formula is C15H16F2N2. The topological polar surface area (TPSA) is 38.9 Å². The maximum Gasteiger partial charge on any atom is 0.133 e. The molecule has 0 bridgehead atoms. The first-order chi connectivity index (χ1) is 8.99. The first-order valence-corrected chi connectivity index (χ1v) is 6.10. The predicted molar refractivity (Wildman–Crippen MR) is 70.7 cm³/mol. The lowest BCUT2D eigenvalue weighted by atomic mass is 9.99. The second-order valence-corrected chi connectivity index (χ2v) is 4.73. The average molecular weight is 262 g/mol. The molecule has 0 amide bonds. The van der Waals surface area contributed by atoms with Crippen molar-refractivity contribution in [2.75, 3.05) is 0 Å². The van der Waals surface area contributed by atoms with E-state index >= 15 is 0 Å².